The molecule has 1 amide bonds. The van der Waals surface area contributed by atoms with Gasteiger partial charge < -0.3 is 10.4 Å². The maximum Gasteiger partial charge on any atom is 0.296 e. The molecule has 0 aliphatic carbocycles. The summed E-state index contributed by atoms with van der Waals surface area (Å²) in [6, 6.07) is 13.4. The first kappa shape index (κ1) is 21.7. The summed E-state index contributed by atoms with van der Waals surface area (Å²) in [4.78, 5) is 31.9. The number of carbonyl (C=O) groups excluding carboxylic acids is 1. The number of halogens is 1. The number of hydrogen-bond acceptors (Lipinski definition) is 5. The number of carbonyl (C=O) groups is 1. The fraction of sp³-hybridized carbons (Fsp3) is 0.292. The Balaban J connectivity index is 1.55. The summed E-state index contributed by atoms with van der Waals surface area (Å²) in [7, 11) is 1.50. The first-order valence-corrected chi connectivity index (χ1v) is 10.6. The molecule has 1 aliphatic heterocycles. The molecule has 0 saturated carbocycles. The molecule has 0 bridgehead atoms. The first-order valence-electron chi connectivity index (χ1n) is 10.6. The van der Waals surface area contributed by atoms with Gasteiger partial charge in [-0.25, -0.2) is 9.37 Å². The van der Waals surface area contributed by atoms with Crippen molar-refractivity contribution in [3.63, 3.8) is 0 Å². The van der Waals surface area contributed by atoms with Crippen LogP contribution in [0.4, 0.5) is 4.39 Å². The van der Waals surface area contributed by atoms with E-state index >= 15 is 0 Å². The smallest absolute Gasteiger partial charge is 0.296 e. The number of hydrogen-bond donors (Lipinski definition) is 2. The Hall–Kier alpha value is -3.52. The lowest BCUT2D eigenvalue weighted by Gasteiger charge is -2.15. The predicted molar refractivity (Wildman–Crippen MR) is 119 cm³/mol. The van der Waals surface area contributed by atoms with E-state index < -0.39 is 17.2 Å². The minimum Gasteiger partial charge on any atom is -0.501 e. The average Bonchev–Trinajstić information content (AvgIpc) is 3.31. The van der Waals surface area contributed by atoms with Gasteiger partial charge in [-0.2, -0.15) is 0 Å². The van der Waals surface area contributed by atoms with Crippen LogP contribution >= 0.6 is 0 Å². The van der Waals surface area contributed by atoms with Gasteiger partial charge in [-0.1, -0.05) is 36.4 Å². The molecule has 2 N–H and O–H groups in total. The molecule has 4 rings (SSSR count). The number of nitrogens with one attached hydrogen (secondary N) is 1. The zero-order valence-electron chi connectivity index (χ0n) is 17.8. The van der Waals surface area contributed by atoms with Crippen molar-refractivity contribution in [3.05, 3.63) is 81.5 Å². The maximum atomic E-state index is 13.0. The number of aromatic hydroxyl groups is 1. The van der Waals surface area contributed by atoms with E-state index in [4.69, 9.17) is 0 Å². The Kier molecular flexibility index (Phi) is 6.32. The minimum atomic E-state index is -0.710. The third-order valence-corrected chi connectivity index (χ3v) is 5.67. The number of benzene rings is 2. The van der Waals surface area contributed by atoms with E-state index in [1.54, 1.807) is 12.1 Å². The number of likely N-dealkylation sites (tertiary alicyclic amines) is 1. The summed E-state index contributed by atoms with van der Waals surface area (Å²) in [5.74, 6) is -1.48. The summed E-state index contributed by atoms with van der Waals surface area (Å²) < 4.78 is 14.3. The van der Waals surface area contributed by atoms with Crippen LogP contribution in [0.2, 0.25) is 0 Å². The topological polar surface area (TPSA) is 87.5 Å². The third kappa shape index (κ3) is 4.70. The molecule has 2 heterocycles. The molecule has 32 heavy (non-hydrogen) atoms. The van der Waals surface area contributed by atoms with Gasteiger partial charge in [0.05, 0.1) is 0 Å². The van der Waals surface area contributed by atoms with Gasteiger partial charge in [0.1, 0.15) is 11.6 Å². The van der Waals surface area contributed by atoms with Crippen LogP contribution in [0.25, 0.3) is 11.4 Å². The summed E-state index contributed by atoms with van der Waals surface area (Å²) in [5.41, 5.74) is 1.46. The van der Waals surface area contributed by atoms with Crippen molar-refractivity contribution in [1.29, 1.82) is 0 Å². The first-order chi connectivity index (χ1) is 15.4. The van der Waals surface area contributed by atoms with Gasteiger partial charge in [0.2, 0.25) is 5.75 Å². The molecule has 0 unspecified atom stereocenters. The average molecular weight is 436 g/mol. The van der Waals surface area contributed by atoms with Crippen molar-refractivity contribution < 1.29 is 14.3 Å². The Labute approximate surface area is 185 Å². The second-order valence-corrected chi connectivity index (χ2v) is 7.99. The Bertz CT molecular complexity index is 1170. The van der Waals surface area contributed by atoms with E-state index in [1.807, 2.05) is 24.3 Å². The zero-order valence-corrected chi connectivity index (χ0v) is 17.8. The van der Waals surface area contributed by atoms with Crippen LogP contribution in [0.3, 0.4) is 0 Å². The molecule has 7 nitrogen and oxygen atoms in total. The summed E-state index contributed by atoms with van der Waals surface area (Å²) in [6.07, 6.45) is 2.45. The Morgan fingerprint density at radius 3 is 2.34 bits per heavy atom. The van der Waals surface area contributed by atoms with Crippen molar-refractivity contribution in [1.82, 2.24) is 19.8 Å². The molecule has 0 radical (unpaired) electrons. The molecule has 3 aromatic rings. The zero-order chi connectivity index (χ0) is 22.7. The largest absolute Gasteiger partial charge is 0.501 e. The highest BCUT2D eigenvalue weighted by molar-refractivity contribution is 5.95. The lowest BCUT2D eigenvalue weighted by molar-refractivity contribution is 0.0942. The molecule has 1 fully saturated rings. The summed E-state index contributed by atoms with van der Waals surface area (Å²) in [6.45, 7) is 3.19. The quantitative estimate of drug-likeness (QED) is 0.621. The summed E-state index contributed by atoms with van der Waals surface area (Å²) >= 11 is 0. The highest BCUT2D eigenvalue weighted by atomic mass is 19.1. The van der Waals surface area contributed by atoms with Gasteiger partial charge in [-0.3, -0.25) is 19.1 Å². The van der Waals surface area contributed by atoms with E-state index in [-0.39, 0.29) is 23.9 Å². The molecule has 0 spiro atoms. The summed E-state index contributed by atoms with van der Waals surface area (Å²) in [5, 5.41) is 12.9. The minimum absolute atomic E-state index is 0.107. The van der Waals surface area contributed by atoms with Crippen LogP contribution in [0, 0.1) is 5.82 Å². The van der Waals surface area contributed by atoms with Crippen molar-refractivity contribution in [2.24, 2.45) is 7.05 Å². The van der Waals surface area contributed by atoms with Gasteiger partial charge in [-0.05, 0) is 49.2 Å². The van der Waals surface area contributed by atoms with E-state index in [1.165, 1.54) is 36.6 Å². The number of rotatable bonds is 6. The molecule has 0 atom stereocenters. The maximum absolute atomic E-state index is 13.0. The molecule has 166 valence electrons. The van der Waals surface area contributed by atoms with Crippen LogP contribution in [-0.4, -0.2) is 38.6 Å². The SMILES string of the molecule is Cn1c(-c2ccc(CN3CCCC3)cc2)nc(C(=O)NCc2ccc(F)cc2)c(O)c1=O. The lowest BCUT2D eigenvalue weighted by Crippen LogP contribution is -2.29. The van der Waals surface area contributed by atoms with Crippen LogP contribution in [0.5, 0.6) is 5.75 Å². The number of nitrogens with zero attached hydrogens (tertiary/aromatic N) is 3. The normalized spacial score (nSPS) is 13.9. The Morgan fingerprint density at radius 1 is 1.06 bits per heavy atom. The van der Waals surface area contributed by atoms with Crippen molar-refractivity contribution in [2.75, 3.05) is 13.1 Å². The van der Waals surface area contributed by atoms with Crippen molar-refractivity contribution in [3.8, 4) is 17.1 Å². The van der Waals surface area contributed by atoms with Crippen LogP contribution in [-0.2, 0) is 20.1 Å². The molecule has 8 heteroatoms. The lowest BCUT2D eigenvalue weighted by atomic mass is 10.1. The molecule has 2 aromatic carbocycles. The molecular formula is C24H25FN4O3. The van der Waals surface area contributed by atoms with E-state index in [2.05, 4.69) is 15.2 Å². The standard InChI is InChI=1S/C24H25FN4O3/c1-28-22(18-8-4-17(5-9-18)15-29-12-2-3-13-29)27-20(21(30)24(28)32)23(31)26-14-16-6-10-19(25)11-7-16/h4-11,30H,2-3,12-15H2,1H3,(H,26,31). The predicted octanol–water partition coefficient (Wildman–Crippen LogP) is 2.82. The van der Waals surface area contributed by atoms with Gasteiger partial charge >= 0.3 is 0 Å². The van der Waals surface area contributed by atoms with Gasteiger partial charge in [-0.15, -0.1) is 0 Å². The van der Waals surface area contributed by atoms with Crippen LogP contribution in [0.1, 0.15) is 34.5 Å². The van der Waals surface area contributed by atoms with E-state index in [0.717, 1.165) is 25.2 Å². The highest BCUT2D eigenvalue weighted by Crippen LogP contribution is 2.21. The molecular weight excluding hydrogens is 411 g/mol. The molecule has 1 saturated heterocycles. The van der Waals surface area contributed by atoms with Gasteiger partial charge in [0.15, 0.2) is 5.69 Å². The van der Waals surface area contributed by atoms with Crippen molar-refractivity contribution in [2.45, 2.75) is 25.9 Å². The Morgan fingerprint density at radius 2 is 1.69 bits per heavy atom. The van der Waals surface area contributed by atoms with Crippen LogP contribution in [0.15, 0.2) is 53.3 Å². The van der Waals surface area contributed by atoms with Gasteiger partial charge in [0, 0.05) is 25.7 Å². The van der Waals surface area contributed by atoms with Gasteiger partial charge in [0.25, 0.3) is 11.5 Å². The second-order valence-electron chi connectivity index (χ2n) is 7.99. The fourth-order valence-electron chi connectivity index (χ4n) is 3.83. The van der Waals surface area contributed by atoms with E-state index in [9.17, 15) is 19.1 Å². The monoisotopic (exact) mass is 436 g/mol. The van der Waals surface area contributed by atoms with Crippen LogP contribution < -0.4 is 10.9 Å². The number of amides is 1. The van der Waals surface area contributed by atoms with Crippen molar-refractivity contribution >= 4 is 5.91 Å². The number of aromatic nitrogens is 2. The second kappa shape index (κ2) is 9.32. The fourth-order valence-corrected chi connectivity index (χ4v) is 3.83. The molecule has 1 aliphatic rings. The molecule has 1 aromatic heterocycles. The third-order valence-electron chi connectivity index (χ3n) is 5.67. The van der Waals surface area contributed by atoms with E-state index in [0.29, 0.717) is 11.1 Å². The highest BCUT2D eigenvalue weighted by Gasteiger charge is 2.21.